The van der Waals surface area contributed by atoms with Gasteiger partial charge in [-0.15, -0.1) is 13.2 Å². The second-order valence-electron chi connectivity index (χ2n) is 2.79. The Morgan fingerprint density at radius 2 is 1.60 bits per heavy atom. The van der Waals surface area contributed by atoms with Crippen LogP contribution in [0.2, 0.25) is 10.3 Å². The molecule has 0 unspecified atom stereocenters. The van der Waals surface area contributed by atoms with Crippen LogP contribution in [-0.4, -0.2) is 23.1 Å². The van der Waals surface area contributed by atoms with Crippen molar-refractivity contribution in [2.45, 2.75) is 0 Å². The molecule has 1 aromatic heterocycles. The molecule has 0 amide bonds. The van der Waals surface area contributed by atoms with Gasteiger partial charge in [0.25, 0.3) is 0 Å². The van der Waals surface area contributed by atoms with Gasteiger partial charge in [0, 0.05) is 13.1 Å². The number of anilines is 1. The van der Waals surface area contributed by atoms with Gasteiger partial charge < -0.3 is 4.90 Å². The van der Waals surface area contributed by atoms with Crippen LogP contribution in [-0.2, 0) is 0 Å². The monoisotopic (exact) mass is 243 g/mol. The fourth-order valence-corrected chi connectivity index (χ4v) is 1.72. The summed E-state index contributed by atoms with van der Waals surface area (Å²) in [6, 6.07) is 0. The predicted molar refractivity (Wildman–Crippen MR) is 64.7 cm³/mol. The summed E-state index contributed by atoms with van der Waals surface area (Å²) in [7, 11) is 0. The van der Waals surface area contributed by atoms with Crippen molar-refractivity contribution in [2.24, 2.45) is 0 Å². The van der Waals surface area contributed by atoms with Gasteiger partial charge in [-0.2, -0.15) is 0 Å². The fourth-order valence-electron chi connectivity index (χ4n) is 1.17. The first-order chi connectivity index (χ1) is 7.20. The van der Waals surface area contributed by atoms with Gasteiger partial charge in [-0.3, -0.25) is 0 Å². The molecule has 5 heteroatoms. The Morgan fingerprint density at radius 1 is 1.13 bits per heavy atom. The summed E-state index contributed by atoms with van der Waals surface area (Å²) < 4.78 is 0. The zero-order valence-electron chi connectivity index (χ0n) is 8.16. The molecule has 0 atom stereocenters. The molecule has 1 aromatic rings. The molecule has 0 saturated heterocycles. The number of halogens is 2. The summed E-state index contributed by atoms with van der Waals surface area (Å²) in [6.45, 7) is 8.55. The molecular formula is C10H11Cl2N3. The van der Waals surface area contributed by atoms with E-state index in [0.29, 0.717) is 29.1 Å². The van der Waals surface area contributed by atoms with E-state index in [2.05, 4.69) is 23.1 Å². The van der Waals surface area contributed by atoms with E-state index in [0.717, 1.165) is 0 Å². The van der Waals surface area contributed by atoms with Gasteiger partial charge in [0.05, 0.1) is 0 Å². The Bertz CT molecular complexity index is 335. The number of aromatic nitrogens is 2. The molecule has 80 valence electrons. The number of nitrogens with zero attached hydrogens (tertiary/aromatic N) is 3. The van der Waals surface area contributed by atoms with E-state index >= 15 is 0 Å². The zero-order valence-corrected chi connectivity index (χ0v) is 9.67. The van der Waals surface area contributed by atoms with Crippen LogP contribution in [0, 0.1) is 0 Å². The maximum absolute atomic E-state index is 5.95. The number of rotatable bonds is 5. The molecule has 15 heavy (non-hydrogen) atoms. The van der Waals surface area contributed by atoms with Crippen LogP contribution in [0.4, 0.5) is 5.69 Å². The maximum atomic E-state index is 5.95. The first-order valence-electron chi connectivity index (χ1n) is 4.33. The normalized spacial score (nSPS) is 9.73. The van der Waals surface area contributed by atoms with Gasteiger partial charge in [-0.25, -0.2) is 9.97 Å². The molecule has 0 N–H and O–H groups in total. The molecule has 0 aromatic carbocycles. The minimum atomic E-state index is 0.332. The van der Waals surface area contributed by atoms with Gasteiger partial charge in [0.15, 0.2) is 10.3 Å². The molecule has 3 nitrogen and oxygen atoms in total. The van der Waals surface area contributed by atoms with Crippen molar-refractivity contribution in [1.82, 2.24) is 9.97 Å². The van der Waals surface area contributed by atoms with Crippen molar-refractivity contribution in [3.05, 3.63) is 41.9 Å². The highest BCUT2D eigenvalue weighted by atomic mass is 35.5. The largest absolute Gasteiger partial charge is 0.359 e. The van der Waals surface area contributed by atoms with E-state index in [1.54, 1.807) is 12.2 Å². The van der Waals surface area contributed by atoms with Crippen LogP contribution in [0.5, 0.6) is 0 Å². The van der Waals surface area contributed by atoms with Gasteiger partial charge >= 0.3 is 0 Å². The van der Waals surface area contributed by atoms with Crippen LogP contribution in [0.25, 0.3) is 0 Å². The van der Waals surface area contributed by atoms with Gasteiger partial charge in [-0.1, -0.05) is 35.4 Å². The average molecular weight is 244 g/mol. The standard InChI is InChI=1S/C10H11Cl2N3/c1-3-5-15(6-4-2)8-9(11)13-7-14-10(8)12/h3-4,7H,1-2,5-6H2. The molecule has 0 aliphatic carbocycles. The molecule has 0 fully saturated rings. The van der Waals surface area contributed by atoms with E-state index in [-0.39, 0.29) is 0 Å². The van der Waals surface area contributed by atoms with Crippen molar-refractivity contribution in [3.8, 4) is 0 Å². The molecular weight excluding hydrogens is 233 g/mol. The lowest BCUT2D eigenvalue weighted by Crippen LogP contribution is -2.24. The van der Waals surface area contributed by atoms with Crippen LogP contribution in [0.3, 0.4) is 0 Å². The summed E-state index contributed by atoms with van der Waals surface area (Å²) in [5.41, 5.74) is 0.612. The van der Waals surface area contributed by atoms with Crippen molar-refractivity contribution >= 4 is 28.9 Å². The van der Waals surface area contributed by atoms with Crippen molar-refractivity contribution in [1.29, 1.82) is 0 Å². The molecule has 0 aliphatic heterocycles. The highest BCUT2D eigenvalue weighted by Gasteiger charge is 2.13. The summed E-state index contributed by atoms with van der Waals surface area (Å²) in [5.74, 6) is 0. The molecule has 1 heterocycles. The molecule has 0 spiro atoms. The topological polar surface area (TPSA) is 29.0 Å². The van der Waals surface area contributed by atoms with Crippen molar-refractivity contribution in [3.63, 3.8) is 0 Å². The Morgan fingerprint density at radius 3 is 2.00 bits per heavy atom. The van der Waals surface area contributed by atoms with Gasteiger partial charge in [0.1, 0.15) is 12.0 Å². The average Bonchev–Trinajstić information content (AvgIpc) is 2.18. The van der Waals surface area contributed by atoms with Crippen molar-refractivity contribution in [2.75, 3.05) is 18.0 Å². The SMILES string of the molecule is C=CCN(CC=C)c1c(Cl)ncnc1Cl. The maximum Gasteiger partial charge on any atom is 0.157 e. The second kappa shape index (κ2) is 5.73. The van der Waals surface area contributed by atoms with Crippen LogP contribution < -0.4 is 4.90 Å². The van der Waals surface area contributed by atoms with Gasteiger partial charge in [0.2, 0.25) is 0 Å². The fraction of sp³-hybridized carbons (Fsp3) is 0.200. The van der Waals surface area contributed by atoms with E-state index < -0.39 is 0 Å². The Kier molecular flexibility index (Phi) is 4.59. The van der Waals surface area contributed by atoms with E-state index in [1.807, 2.05) is 4.90 Å². The quantitative estimate of drug-likeness (QED) is 0.589. The summed E-state index contributed by atoms with van der Waals surface area (Å²) in [5, 5.41) is 0.664. The van der Waals surface area contributed by atoms with Crippen LogP contribution in [0.1, 0.15) is 0 Å². The lowest BCUT2D eigenvalue weighted by atomic mass is 10.4. The Balaban J connectivity index is 3.08. The molecule has 0 radical (unpaired) electrons. The second-order valence-corrected chi connectivity index (χ2v) is 3.50. The van der Waals surface area contributed by atoms with E-state index in [9.17, 15) is 0 Å². The molecule has 1 rings (SSSR count). The van der Waals surface area contributed by atoms with Crippen LogP contribution >= 0.6 is 23.2 Å². The minimum Gasteiger partial charge on any atom is -0.359 e. The zero-order chi connectivity index (χ0) is 11.3. The number of hydrogen-bond donors (Lipinski definition) is 0. The molecule has 0 bridgehead atoms. The van der Waals surface area contributed by atoms with Crippen LogP contribution in [0.15, 0.2) is 31.6 Å². The third kappa shape index (κ3) is 2.94. The van der Waals surface area contributed by atoms with E-state index in [4.69, 9.17) is 23.2 Å². The van der Waals surface area contributed by atoms with Gasteiger partial charge in [-0.05, 0) is 0 Å². The third-order valence-electron chi connectivity index (χ3n) is 1.75. The third-order valence-corrected chi connectivity index (χ3v) is 2.30. The minimum absolute atomic E-state index is 0.332. The summed E-state index contributed by atoms with van der Waals surface area (Å²) in [4.78, 5) is 9.66. The highest BCUT2D eigenvalue weighted by molar-refractivity contribution is 6.37. The summed E-state index contributed by atoms with van der Waals surface area (Å²) in [6.07, 6.45) is 4.83. The number of hydrogen-bond acceptors (Lipinski definition) is 3. The first-order valence-corrected chi connectivity index (χ1v) is 5.09. The molecule has 0 saturated carbocycles. The van der Waals surface area contributed by atoms with E-state index in [1.165, 1.54) is 6.33 Å². The first kappa shape index (κ1) is 12.0. The highest BCUT2D eigenvalue weighted by Crippen LogP contribution is 2.29. The smallest absolute Gasteiger partial charge is 0.157 e. The Labute approximate surface area is 99.0 Å². The lowest BCUT2D eigenvalue weighted by molar-refractivity contribution is 0.939. The molecule has 0 aliphatic rings. The predicted octanol–water partition coefficient (Wildman–Crippen LogP) is 2.96. The summed E-state index contributed by atoms with van der Waals surface area (Å²) >= 11 is 11.9. The van der Waals surface area contributed by atoms with Crippen molar-refractivity contribution < 1.29 is 0 Å². The Hall–Kier alpha value is -1.06. The lowest BCUT2D eigenvalue weighted by Gasteiger charge is -2.22.